The Morgan fingerprint density at radius 2 is 1.95 bits per heavy atom. The average molecular weight is 299 g/mol. The highest BCUT2D eigenvalue weighted by Crippen LogP contribution is 2.29. The van der Waals surface area contributed by atoms with Crippen LogP contribution in [0.25, 0.3) is 11.0 Å². The molecule has 0 spiro atoms. The molecule has 0 aliphatic carbocycles. The predicted octanol–water partition coefficient (Wildman–Crippen LogP) is 3.71. The molecule has 1 saturated heterocycles. The van der Waals surface area contributed by atoms with Crippen molar-refractivity contribution in [1.82, 2.24) is 14.9 Å². The molecular formula is C18H25N3O. The molecule has 1 amide bonds. The summed E-state index contributed by atoms with van der Waals surface area (Å²) in [5, 5.41) is 0. The van der Waals surface area contributed by atoms with Crippen LogP contribution in [0.3, 0.4) is 0 Å². The fourth-order valence-electron chi connectivity index (χ4n) is 3.34. The molecule has 1 aromatic heterocycles. The van der Waals surface area contributed by atoms with Crippen molar-refractivity contribution in [2.75, 3.05) is 13.1 Å². The molecule has 22 heavy (non-hydrogen) atoms. The minimum atomic E-state index is 0.214. The van der Waals surface area contributed by atoms with Crippen molar-refractivity contribution in [3.63, 3.8) is 0 Å². The first-order valence-corrected chi connectivity index (χ1v) is 8.46. The van der Waals surface area contributed by atoms with E-state index in [0.29, 0.717) is 11.8 Å². The summed E-state index contributed by atoms with van der Waals surface area (Å²) in [7, 11) is 0. The van der Waals surface area contributed by atoms with Crippen LogP contribution in [0.5, 0.6) is 0 Å². The normalized spacial score (nSPS) is 15.5. The van der Waals surface area contributed by atoms with Crippen molar-refractivity contribution < 1.29 is 4.79 Å². The summed E-state index contributed by atoms with van der Waals surface area (Å²) in [6, 6.07) is 8.09. The van der Waals surface area contributed by atoms with Crippen LogP contribution in [-0.2, 0) is 4.79 Å². The van der Waals surface area contributed by atoms with Crippen LogP contribution in [0.15, 0.2) is 24.3 Å². The molecule has 3 rings (SSSR count). The van der Waals surface area contributed by atoms with Crippen LogP contribution >= 0.6 is 0 Å². The number of aromatic amines is 1. The van der Waals surface area contributed by atoms with Crippen molar-refractivity contribution in [1.29, 1.82) is 0 Å². The van der Waals surface area contributed by atoms with Crippen LogP contribution in [-0.4, -0.2) is 33.9 Å². The maximum absolute atomic E-state index is 12.5. The number of para-hydroxylation sites is 2. The van der Waals surface area contributed by atoms with E-state index in [0.717, 1.165) is 55.6 Å². The van der Waals surface area contributed by atoms with E-state index in [1.54, 1.807) is 0 Å². The van der Waals surface area contributed by atoms with Gasteiger partial charge in [0, 0.05) is 19.0 Å². The molecule has 4 nitrogen and oxygen atoms in total. The topological polar surface area (TPSA) is 49.0 Å². The van der Waals surface area contributed by atoms with E-state index in [-0.39, 0.29) is 5.92 Å². The molecule has 1 aromatic carbocycles. The van der Waals surface area contributed by atoms with Gasteiger partial charge in [-0.2, -0.15) is 0 Å². The fraction of sp³-hybridized carbons (Fsp3) is 0.556. The average Bonchev–Trinajstić information content (AvgIpc) is 2.88. The highest BCUT2D eigenvalue weighted by Gasteiger charge is 2.36. The van der Waals surface area contributed by atoms with Crippen LogP contribution < -0.4 is 0 Å². The molecule has 2 aromatic rings. The molecule has 1 aliphatic heterocycles. The van der Waals surface area contributed by atoms with Crippen molar-refractivity contribution in [2.24, 2.45) is 5.92 Å². The van der Waals surface area contributed by atoms with Gasteiger partial charge in [0.15, 0.2) is 0 Å². The quantitative estimate of drug-likeness (QED) is 0.884. The SMILES string of the molecule is CCCC(CCC)C(=O)N1CC(c2nc3ccccc3[nH]2)C1. The lowest BCUT2D eigenvalue weighted by Crippen LogP contribution is -2.51. The zero-order chi connectivity index (χ0) is 15.5. The lowest BCUT2D eigenvalue weighted by Gasteiger charge is -2.40. The van der Waals surface area contributed by atoms with Gasteiger partial charge in [0.05, 0.1) is 17.0 Å². The Bertz CT molecular complexity index is 604. The lowest BCUT2D eigenvalue weighted by molar-refractivity contribution is -0.140. The van der Waals surface area contributed by atoms with Gasteiger partial charge in [0.1, 0.15) is 5.82 Å². The number of carbonyl (C=O) groups excluding carboxylic acids is 1. The van der Waals surface area contributed by atoms with E-state index >= 15 is 0 Å². The third kappa shape index (κ3) is 2.87. The molecule has 1 fully saturated rings. The Balaban J connectivity index is 1.62. The number of nitrogens with one attached hydrogen (secondary N) is 1. The van der Waals surface area contributed by atoms with Crippen LogP contribution in [0.4, 0.5) is 0 Å². The van der Waals surface area contributed by atoms with Gasteiger partial charge in [-0.3, -0.25) is 4.79 Å². The van der Waals surface area contributed by atoms with Crippen LogP contribution in [0.2, 0.25) is 0 Å². The minimum Gasteiger partial charge on any atom is -0.342 e. The second kappa shape index (κ2) is 6.51. The minimum absolute atomic E-state index is 0.214. The number of benzene rings is 1. The lowest BCUT2D eigenvalue weighted by atomic mass is 9.92. The zero-order valence-electron chi connectivity index (χ0n) is 13.5. The molecule has 1 aliphatic rings. The van der Waals surface area contributed by atoms with E-state index in [1.807, 2.05) is 29.2 Å². The predicted molar refractivity (Wildman–Crippen MR) is 88.7 cm³/mol. The molecule has 0 radical (unpaired) electrons. The van der Waals surface area contributed by atoms with Gasteiger partial charge in [0.25, 0.3) is 0 Å². The number of likely N-dealkylation sites (tertiary alicyclic amines) is 1. The number of amides is 1. The van der Waals surface area contributed by atoms with Gasteiger partial charge in [-0.25, -0.2) is 4.98 Å². The van der Waals surface area contributed by atoms with E-state index in [1.165, 1.54) is 0 Å². The smallest absolute Gasteiger partial charge is 0.225 e. The molecule has 4 heteroatoms. The monoisotopic (exact) mass is 299 g/mol. The molecule has 1 N–H and O–H groups in total. The number of aromatic nitrogens is 2. The second-order valence-corrected chi connectivity index (χ2v) is 6.35. The Kier molecular flexibility index (Phi) is 4.46. The number of hydrogen-bond donors (Lipinski definition) is 1. The fourth-order valence-corrected chi connectivity index (χ4v) is 3.34. The standard InChI is InChI=1S/C18H25N3O/c1-3-7-13(8-4-2)18(22)21-11-14(12-21)17-19-15-9-5-6-10-16(15)20-17/h5-6,9-10,13-14H,3-4,7-8,11-12H2,1-2H3,(H,19,20). The first-order chi connectivity index (χ1) is 10.7. The summed E-state index contributed by atoms with van der Waals surface area (Å²) >= 11 is 0. The van der Waals surface area contributed by atoms with E-state index < -0.39 is 0 Å². The summed E-state index contributed by atoms with van der Waals surface area (Å²) in [5.74, 6) is 1.94. The maximum Gasteiger partial charge on any atom is 0.225 e. The Morgan fingerprint density at radius 1 is 1.27 bits per heavy atom. The molecule has 0 saturated carbocycles. The van der Waals surface area contributed by atoms with E-state index in [4.69, 9.17) is 0 Å². The van der Waals surface area contributed by atoms with Gasteiger partial charge in [-0.15, -0.1) is 0 Å². The van der Waals surface area contributed by atoms with Crippen molar-refractivity contribution >= 4 is 16.9 Å². The first-order valence-electron chi connectivity index (χ1n) is 8.46. The Labute approximate surface area is 131 Å². The maximum atomic E-state index is 12.5. The molecule has 118 valence electrons. The van der Waals surface area contributed by atoms with Crippen molar-refractivity contribution in [2.45, 2.75) is 45.4 Å². The van der Waals surface area contributed by atoms with E-state index in [2.05, 4.69) is 23.8 Å². The van der Waals surface area contributed by atoms with Gasteiger partial charge in [-0.05, 0) is 25.0 Å². The summed E-state index contributed by atoms with van der Waals surface area (Å²) in [4.78, 5) is 22.6. The highest BCUT2D eigenvalue weighted by molar-refractivity contribution is 5.80. The summed E-state index contributed by atoms with van der Waals surface area (Å²) < 4.78 is 0. The number of rotatable bonds is 6. The number of carbonyl (C=O) groups is 1. The number of fused-ring (bicyclic) bond motifs is 1. The number of nitrogens with zero attached hydrogens (tertiary/aromatic N) is 2. The first kappa shape index (κ1) is 15.1. The van der Waals surface area contributed by atoms with Gasteiger partial charge < -0.3 is 9.88 Å². The zero-order valence-corrected chi connectivity index (χ0v) is 13.5. The molecule has 2 heterocycles. The van der Waals surface area contributed by atoms with Gasteiger partial charge >= 0.3 is 0 Å². The van der Waals surface area contributed by atoms with Crippen molar-refractivity contribution in [3.05, 3.63) is 30.1 Å². The summed E-state index contributed by atoms with van der Waals surface area (Å²) in [6.45, 7) is 5.93. The summed E-state index contributed by atoms with van der Waals surface area (Å²) in [5.41, 5.74) is 2.09. The third-order valence-electron chi connectivity index (χ3n) is 4.61. The molecule has 0 bridgehead atoms. The number of hydrogen-bond acceptors (Lipinski definition) is 2. The van der Waals surface area contributed by atoms with E-state index in [9.17, 15) is 4.79 Å². The summed E-state index contributed by atoms with van der Waals surface area (Å²) in [6.07, 6.45) is 4.19. The Hall–Kier alpha value is -1.84. The van der Waals surface area contributed by atoms with Gasteiger partial charge in [-0.1, -0.05) is 38.8 Å². The largest absolute Gasteiger partial charge is 0.342 e. The second-order valence-electron chi connectivity index (χ2n) is 6.35. The Morgan fingerprint density at radius 3 is 2.59 bits per heavy atom. The van der Waals surface area contributed by atoms with Crippen molar-refractivity contribution in [3.8, 4) is 0 Å². The highest BCUT2D eigenvalue weighted by atomic mass is 16.2. The molecular weight excluding hydrogens is 274 g/mol. The van der Waals surface area contributed by atoms with Crippen LogP contribution in [0.1, 0.15) is 51.3 Å². The number of H-pyrrole nitrogens is 1. The molecule has 0 atom stereocenters. The third-order valence-corrected chi connectivity index (χ3v) is 4.61. The van der Waals surface area contributed by atoms with Crippen LogP contribution in [0, 0.1) is 5.92 Å². The molecule has 0 unspecified atom stereocenters. The number of imidazole rings is 1. The van der Waals surface area contributed by atoms with Gasteiger partial charge in [0.2, 0.25) is 5.91 Å².